The highest BCUT2D eigenvalue weighted by Gasteiger charge is 2.27. The Morgan fingerprint density at radius 2 is 1.89 bits per heavy atom. The number of quaternary nitrogens is 1. The predicted octanol–water partition coefficient (Wildman–Crippen LogP) is 0.0210. The van der Waals surface area contributed by atoms with Crippen molar-refractivity contribution >= 4 is 23.4 Å². The summed E-state index contributed by atoms with van der Waals surface area (Å²) in [4.78, 5) is 31.2. The molecule has 1 saturated heterocycles. The summed E-state index contributed by atoms with van der Waals surface area (Å²) in [6, 6.07) is 13.0. The highest BCUT2D eigenvalue weighted by molar-refractivity contribution is 6.01. The molecule has 3 rings (SSSR count). The molecule has 0 atom stereocenters. The van der Waals surface area contributed by atoms with Crippen molar-refractivity contribution in [2.45, 2.75) is 6.92 Å². The maximum atomic E-state index is 12.5. The smallest absolute Gasteiger partial charge is 0.340 e. The number of aromatic nitrogens is 1. The van der Waals surface area contributed by atoms with Crippen molar-refractivity contribution in [3.63, 3.8) is 0 Å². The number of ether oxygens (including phenoxy) is 1. The van der Waals surface area contributed by atoms with E-state index < -0.39 is 5.97 Å². The highest BCUT2D eigenvalue weighted by atomic mass is 16.5. The van der Waals surface area contributed by atoms with Crippen molar-refractivity contribution in [1.82, 2.24) is 0 Å². The van der Waals surface area contributed by atoms with Gasteiger partial charge in [-0.2, -0.15) is 0 Å². The molecule has 2 aromatic rings. The van der Waals surface area contributed by atoms with Crippen LogP contribution in [0.4, 0.5) is 11.5 Å². The first-order chi connectivity index (χ1) is 13.2. The van der Waals surface area contributed by atoms with Gasteiger partial charge in [0.25, 0.3) is 11.7 Å². The normalized spacial score (nSPS) is 14.6. The number of benzene rings is 1. The molecular formula is C20H26N4O3+2. The molecule has 0 unspecified atom stereocenters. The zero-order chi connectivity index (χ0) is 19.1. The lowest BCUT2D eigenvalue weighted by Gasteiger charge is -2.27. The van der Waals surface area contributed by atoms with Crippen LogP contribution in [-0.4, -0.2) is 51.2 Å². The summed E-state index contributed by atoms with van der Waals surface area (Å²) < 4.78 is 5.05. The Kier molecular flexibility index (Phi) is 6.38. The Balaban J connectivity index is 1.53. The summed E-state index contributed by atoms with van der Waals surface area (Å²) >= 11 is 0. The number of carbonyl (C=O) groups excluding carboxylic acids is 2. The van der Waals surface area contributed by atoms with Gasteiger partial charge in [-0.1, -0.05) is 18.2 Å². The molecule has 1 amide bonds. The molecule has 7 nitrogen and oxygen atoms in total. The number of nitrogens with zero attached hydrogens (tertiary/aromatic N) is 1. The molecule has 0 bridgehead atoms. The van der Waals surface area contributed by atoms with Crippen molar-refractivity contribution < 1.29 is 24.2 Å². The van der Waals surface area contributed by atoms with Crippen LogP contribution in [0.25, 0.3) is 0 Å². The van der Waals surface area contributed by atoms with Gasteiger partial charge in [0.2, 0.25) is 0 Å². The third-order valence-electron chi connectivity index (χ3n) is 4.61. The minimum Gasteiger partial charge on any atom is -0.462 e. The number of rotatable bonds is 6. The van der Waals surface area contributed by atoms with Crippen molar-refractivity contribution in [3.05, 3.63) is 54.2 Å². The average molecular weight is 370 g/mol. The Bertz CT molecular complexity index is 774. The number of para-hydroxylation sites is 1. The summed E-state index contributed by atoms with van der Waals surface area (Å²) in [7, 11) is 0. The number of nitrogens with one attached hydrogen (secondary N) is 3. The molecule has 0 spiro atoms. The zero-order valence-electron chi connectivity index (χ0n) is 15.5. The van der Waals surface area contributed by atoms with Crippen LogP contribution in [-0.2, 0) is 9.53 Å². The molecule has 1 aliphatic heterocycles. The molecular weight excluding hydrogens is 344 g/mol. The van der Waals surface area contributed by atoms with E-state index in [4.69, 9.17) is 4.74 Å². The minimum atomic E-state index is -0.423. The van der Waals surface area contributed by atoms with Gasteiger partial charge in [0.05, 0.1) is 24.1 Å². The summed E-state index contributed by atoms with van der Waals surface area (Å²) in [5.74, 6) is 0.583. The van der Waals surface area contributed by atoms with Crippen molar-refractivity contribution in [2.75, 3.05) is 49.5 Å². The second-order valence-corrected chi connectivity index (χ2v) is 6.48. The molecule has 0 aliphatic carbocycles. The molecule has 1 aromatic heterocycles. The van der Waals surface area contributed by atoms with Gasteiger partial charge in [0.15, 0.2) is 6.54 Å². The van der Waals surface area contributed by atoms with E-state index in [1.165, 1.54) is 4.90 Å². The Labute approximate surface area is 158 Å². The number of hydrogen-bond donors (Lipinski definition) is 2. The Morgan fingerprint density at radius 3 is 2.59 bits per heavy atom. The second-order valence-electron chi connectivity index (χ2n) is 6.48. The Hall–Kier alpha value is -2.93. The number of anilines is 2. The summed E-state index contributed by atoms with van der Waals surface area (Å²) in [5, 5.41) is 2.86. The first-order valence-corrected chi connectivity index (χ1v) is 9.28. The third-order valence-corrected chi connectivity index (χ3v) is 4.61. The van der Waals surface area contributed by atoms with Crippen LogP contribution >= 0.6 is 0 Å². The summed E-state index contributed by atoms with van der Waals surface area (Å²) in [5.41, 5.74) is 0.880. The molecule has 3 N–H and O–H groups in total. The van der Waals surface area contributed by atoms with Gasteiger partial charge in [-0.15, -0.1) is 0 Å². The summed E-state index contributed by atoms with van der Waals surface area (Å²) in [6.45, 7) is 5.99. The van der Waals surface area contributed by atoms with Crippen LogP contribution in [0.2, 0.25) is 0 Å². The lowest BCUT2D eigenvalue weighted by molar-refractivity contribution is -0.892. The standard InChI is InChI=1S/C20H24N4O3/c1-2-27-20(26)16-7-3-4-8-17(16)22-19(25)15-23-11-13-24(14-12-23)18-9-5-6-10-21-18/h3-10H,2,11-15H2,1H3,(H,22,25)/p+2. The molecule has 1 fully saturated rings. The van der Waals surface area contributed by atoms with Gasteiger partial charge in [0, 0.05) is 6.07 Å². The fraction of sp³-hybridized carbons (Fsp3) is 0.350. The minimum absolute atomic E-state index is 0.0959. The topological polar surface area (TPSA) is 77.2 Å². The number of hydrogen-bond acceptors (Lipinski definition) is 4. The predicted molar refractivity (Wildman–Crippen MR) is 102 cm³/mol. The van der Waals surface area contributed by atoms with Crippen LogP contribution in [0, 0.1) is 0 Å². The number of esters is 1. The average Bonchev–Trinajstić information content (AvgIpc) is 2.70. The van der Waals surface area contributed by atoms with E-state index in [1.54, 1.807) is 31.2 Å². The van der Waals surface area contributed by atoms with E-state index in [0.717, 1.165) is 32.0 Å². The molecule has 142 valence electrons. The number of aromatic amines is 1. The molecule has 0 radical (unpaired) electrons. The van der Waals surface area contributed by atoms with Crippen LogP contribution in [0.15, 0.2) is 48.7 Å². The maximum Gasteiger partial charge on any atom is 0.340 e. The molecule has 2 heterocycles. The number of carbonyl (C=O) groups is 2. The number of H-pyrrole nitrogens is 1. The summed E-state index contributed by atoms with van der Waals surface area (Å²) in [6.07, 6.45) is 1.92. The van der Waals surface area contributed by atoms with E-state index in [9.17, 15) is 9.59 Å². The van der Waals surface area contributed by atoms with E-state index >= 15 is 0 Å². The van der Waals surface area contributed by atoms with Gasteiger partial charge >= 0.3 is 5.97 Å². The molecule has 0 saturated carbocycles. The molecule has 7 heteroatoms. The van der Waals surface area contributed by atoms with Gasteiger partial charge in [0.1, 0.15) is 26.2 Å². The van der Waals surface area contributed by atoms with E-state index in [0.29, 0.717) is 24.4 Å². The van der Waals surface area contributed by atoms with E-state index in [-0.39, 0.29) is 5.91 Å². The third kappa shape index (κ3) is 5.04. The van der Waals surface area contributed by atoms with Gasteiger partial charge in [-0.3, -0.25) is 9.69 Å². The zero-order valence-corrected chi connectivity index (χ0v) is 15.5. The van der Waals surface area contributed by atoms with E-state index in [1.807, 2.05) is 18.3 Å². The van der Waals surface area contributed by atoms with Crippen molar-refractivity contribution in [1.29, 1.82) is 0 Å². The first-order valence-electron chi connectivity index (χ1n) is 9.28. The second kappa shape index (κ2) is 9.14. The largest absolute Gasteiger partial charge is 0.462 e. The monoisotopic (exact) mass is 370 g/mol. The maximum absolute atomic E-state index is 12.5. The first kappa shape index (κ1) is 18.8. The van der Waals surface area contributed by atoms with Crippen LogP contribution in [0.3, 0.4) is 0 Å². The number of piperazine rings is 1. The van der Waals surface area contributed by atoms with Crippen LogP contribution in [0.5, 0.6) is 0 Å². The number of pyridine rings is 1. The fourth-order valence-electron chi connectivity index (χ4n) is 3.22. The quantitative estimate of drug-likeness (QED) is 0.703. The highest BCUT2D eigenvalue weighted by Crippen LogP contribution is 2.16. The molecule has 27 heavy (non-hydrogen) atoms. The lowest BCUT2D eigenvalue weighted by Crippen LogP contribution is -3.15. The van der Waals surface area contributed by atoms with E-state index in [2.05, 4.69) is 21.3 Å². The SMILES string of the molecule is CCOC(=O)c1ccccc1NC(=O)C[NH+]1CCN(c2cccc[nH+]2)CC1. The Morgan fingerprint density at radius 1 is 1.15 bits per heavy atom. The molecule has 1 aliphatic rings. The van der Waals surface area contributed by atoms with Crippen LogP contribution in [0.1, 0.15) is 17.3 Å². The van der Waals surface area contributed by atoms with Crippen molar-refractivity contribution in [3.8, 4) is 0 Å². The van der Waals surface area contributed by atoms with Crippen LogP contribution < -0.4 is 20.1 Å². The molecule has 1 aromatic carbocycles. The number of amides is 1. The fourth-order valence-corrected chi connectivity index (χ4v) is 3.22. The lowest BCUT2D eigenvalue weighted by atomic mass is 10.2. The van der Waals surface area contributed by atoms with Gasteiger partial charge in [-0.05, 0) is 25.1 Å². The van der Waals surface area contributed by atoms with Crippen molar-refractivity contribution in [2.24, 2.45) is 0 Å². The van der Waals surface area contributed by atoms with Gasteiger partial charge in [-0.25, -0.2) is 9.78 Å². The van der Waals surface area contributed by atoms with Gasteiger partial charge < -0.3 is 15.0 Å².